The number of carbonyl (C=O) groups is 2. The van der Waals surface area contributed by atoms with E-state index in [0.717, 1.165) is 5.56 Å². The van der Waals surface area contributed by atoms with E-state index in [1.165, 1.54) is 0 Å². The molecule has 0 aromatic heterocycles. The summed E-state index contributed by atoms with van der Waals surface area (Å²) in [5.41, 5.74) is 1.02. The second-order valence-electron chi connectivity index (χ2n) is 5.40. The molecule has 2 fully saturated rings. The van der Waals surface area contributed by atoms with Gasteiger partial charge < -0.3 is 0 Å². The standard InChI is InChI=1S/C15H18N2O2S/c1-3-16-12(18)10-13(19)17(4-2,15(16)20)14(16)11-8-6-5-7-9-11/h5-9,14H,3-4,10H2,1-2H3/q+2. The molecule has 0 N–H and O–H groups in total. The topological polar surface area (TPSA) is 34.1 Å². The Bertz CT molecular complexity index is 584. The summed E-state index contributed by atoms with van der Waals surface area (Å²) in [5.74, 6) is -0.102. The summed E-state index contributed by atoms with van der Waals surface area (Å²) in [6.07, 6.45) is -0.182. The monoisotopic (exact) mass is 290 g/mol. The summed E-state index contributed by atoms with van der Waals surface area (Å²) in [4.78, 5) is 25.0. The van der Waals surface area contributed by atoms with Crippen LogP contribution in [0.4, 0.5) is 0 Å². The van der Waals surface area contributed by atoms with E-state index in [4.69, 9.17) is 12.2 Å². The van der Waals surface area contributed by atoms with Crippen molar-refractivity contribution in [3.63, 3.8) is 0 Å². The van der Waals surface area contributed by atoms with Gasteiger partial charge in [0.15, 0.2) is 6.42 Å². The number of rotatable bonds is 3. The van der Waals surface area contributed by atoms with Crippen molar-refractivity contribution in [1.29, 1.82) is 0 Å². The summed E-state index contributed by atoms with van der Waals surface area (Å²) in [5, 5.41) is 0.574. The Morgan fingerprint density at radius 1 is 1.05 bits per heavy atom. The molecular formula is C15H18N2O2S+2. The van der Waals surface area contributed by atoms with Crippen molar-refractivity contribution in [2.24, 2.45) is 0 Å². The second-order valence-corrected chi connectivity index (χ2v) is 5.77. The average Bonchev–Trinajstić information content (AvgIpc) is 2.46. The number of carbonyl (C=O) groups excluding carboxylic acids is 2. The molecule has 0 spiro atoms. The first-order valence-corrected chi connectivity index (χ1v) is 7.38. The minimum atomic E-state index is -0.188. The van der Waals surface area contributed by atoms with Gasteiger partial charge in [-0.05, 0) is 26.0 Å². The van der Waals surface area contributed by atoms with Crippen molar-refractivity contribution in [2.45, 2.75) is 26.4 Å². The first-order valence-electron chi connectivity index (χ1n) is 6.98. The molecule has 2 saturated heterocycles. The lowest BCUT2D eigenvalue weighted by Crippen LogP contribution is -2.89. The third-order valence-corrected chi connectivity index (χ3v) is 5.46. The molecular weight excluding hydrogens is 272 g/mol. The van der Waals surface area contributed by atoms with Crippen molar-refractivity contribution in [1.82, 2.24) is 0 Å². The Hall–Kier alpha value is -1.43. The maximum Gasteiger partial charge on any atom is 0.390 e. The fourth-order valence-corrected chi connectivity index (χ4v) is 4.47. The van der Waals surface area contributed by atoms with Crippen LogP contribution in [0.15, 0.2) is 30.3 Å². The molecule has 20 heavy (non-hydrogen) atoms. The van der Waals surface area contributed by atoms with Gasteiger partial charge in [-0.2, -0.15) is 0 Å². The zero-order valence-corrected chi connectivity index (χ0v) is 12.5. The summed E-state index contributed by atoms with van der Waals surface area (Å²) in [6.45, 7) is 5.17. The van der Waals surface area contributed by atoms with E-state index in [1.54, 1.807) is 0 Å². The number of hydrogen-bond donors (Lipinski definition) is 0. The molecule has 1 aromatic carbocycles. The van der Waals surface area contributed by atoms with Gasteiger partial charge >= 0.3 is 16.9 Å². The van der Waals surface area contributed by atoms with Crippen LogP contribution in [-0.4, -0.2) is 39.0 Å². The summed E-state index contributed by atoms with van der Waals surface area (Å²) in [7, 11) is 0. The van der Waals surface area contributed by atoms with Gasteiger partial charge in [-0.25, -0.2) is 9.59 Å². The van der Waals surface area contributed by atoms with Gasteiger partial charge in [-0.3, -0.25) is 0 Å². The highest BCUT2D eigenvalue weighted by atomic mass is 32.1. The number of quaternary nitrogens is 2. The Balaban J connectivity index is 2.22. The van der Waals surface area contributed by atoms with Gasteiger partial charge in [0.2, 0.25) is 0 Å². The maximum absolute atomic E-state index is 12.5. The molecule has 3 rings (SSSR count). The van der Waals surface area contributed by atoms with Crippen LogP contribution in [0, 0.1) is 0 Å². The Morgan fingerprint density at radius 3 is 2.00 bits per heavy atom. The third-order valence-electron chi connectivity index (χ3n) is 4.81. The Morgan fingerprint density at radius 2 is 1.55 bits per heavy atom. The lowest BCUT2D eigenvalue weighted by Gasteiger charge is -2.60. The molecule has 1 aromatic rings. The summed E-state index contributed by atoms with van der Waals surface area (Å²) in [6, 6.07) is 9.81. The van der Waals surface area contributed by atoms with Gasteiger partial charge in [0.25, 0.3) is 6.17 Å². The molecule has 4 nitrogen and oxygen atoms in total. The minimum absolute atomic E-state index is 0.00511. The average molecular weight is 290 g/mol. The number of nitrogens with zero attached hydrogens (tertiary/aromatic N) is 2. The van der Waals surface area contributed by atoms with Crippen molar-refractivity contribution in [3.05, 3.63) is 35.9 Å². The molecule has 2 bridgehead atoms. The smallest absolute Gasteiger partial charge is 0.229 e. The van der Waals surface area contributed by atoms with E-state index in [-0.39, 0.29) is 33.4 Å². The highest BCUT2D eigenvalue weighted by molar-refractivity contribution is 7.79. The van der Waals surface area contributed by atoms with Crippen LogP contribution in [0.25, 0.3) is 0 Å². The fourth-order valence-electron chi connectivity index (χ4n) is 3.81. The van der Waals surface area contributed by atoms with Crippen LogP contribution in [0.1, 0.15) is 32.0 Å². The quantitative estimate of drug-likeness (QED) is 0.486. The van der Waals surface area contributed by atoms with Crippen molar-refractivity contribution in [2.75, 3.05) is 13.1 Å². The van der Waals surface area contributed by atoms with Crippen molar-refractivity contribution in [3.8, 4) is 0 Å². The molecule has 2 heterocycles. The van der Waals surface area contributed by atoms with Gasteiger partial charge in [0.1, 0.15) is 0 Å². The van der Waals surface area contributed by atoms with Gasteiger partial charge in [0, 0.05) is 0 Å². The van der Waals surface area contributed by atoms with E-state index in [1.807, 2.05) is 44.2 Å². The van der Waals surface area contributed by atoms with Crippen LogP contribution in [0.2, 0.25) is 0 Å². The van der Waals surface area contributed by atoms with Gasteiger partial charge in [-0.15, -0.1) is 8.97 Å². The summed E-state index contributed by atoms with van der Waals surface area (Å²) >= 11 is 5.53. The fraction of sp³-hybridized carbons (Fsp3) is 0.400. The number of fused-ring (bicyclic) bond motifs is 2. The van der Waals surface area contributed by atoms with Crippen LogP contribution < -0.4 is 0 Å². The van der Waals surface area contributed by atoms with Gasteiger partial charge in [0.05, 0.1) is 30.9 Å². The number of amides is 2. The lowest BCUT2D eigenvalue weighted by atomic mass is 9.92. The molecule has 0 aliphatic carbocycles. The Kier molecular flexibility index (Phi) is 2.90. The predicted molar refractivity (Wildman–Crippen MR) is 78.0 cm³/mol. The molecule has 104 valence electrons. The molecule has 5 heteroatoms. The zero-order valence-electron chi connectivity index (χ0n) is 11.7. The first-order chi connectivity index (χ1) is 9.55. The molecule has 2 amide bonds. The highest BCUT2D eigenvalue weighted by Crippen LogP contribution is 2.54. The van der Waals surface area contributed by atoms with E-state index in [2.05, 4.69) is 0 Å². The molecule has 0 saturated carbocycles. The third kappa shape index (κ3) is 1.26. The van der Waals surface area contributed by atoms with Crippen molar-refractivity contribution < 1.29 is 18.6 Å². The molecule has 2 atom stereocenters. The van der Waals surface area contributed by atoms with Crippen molar-refractivity contribution >= 4 is 29.1 Å². The second kappa shape index (κ2) is 4.28. The number of thiocarbonyl (C=S) groups is 1. The molecule has 2 unspecified atom stereocenters. The van der Waals surface area contributed by atoms with E-state index in [0.29, 0.717) is 18.2 Å². The maximum atomic E-state index is 12.5. The normalized spacial score (nSPS) is 35.9. The Labute approximate surface area is 123 Å². The number of hydrogen-bond acceptors (Lipinski definition) is 3. The largest absolute Gasteiger partial charge is 0.390 e. The molecule has 2 aliphatic rings. The predicted octanol–water partition coefficient (Wildman–Crippen LogP) is 2.11. The SMILES string of the molecule is CC[N+]12C(=O)CC(=O)[N+](CC)(C1=S)C2c1ccccc1. The molecule has 2 aliphatic heterocycles. The van der Waals surface area contributed by atoms with Crippen LogP contribution in [-0.2, 0) is 9.59 Å². The first kappa shape index (κ1) is 13.5. The zero-order chi connectivity index (χ0) is 14.5. The van der Waals surface area contributed by atoms with Crippen LogP contribution >= 0.6 is 12.2 Å². The van der Waals surface area contributed by atoms with E-state index < -0.39 is 0 Å². The van der Waals surface area contributed by atoms with Gasteiger partial charge in [-0.1, -0.05) is 18.2 Å². The lowest BCUT2D eigenvalue weighted by molar-refractivity contribution is -1.12. The van der Waals surface area contributed by atoms with E-state index >= 15 is 0 Å². The summed E-state index contributed by atoms with van der Waals surface area (Å²) < 4.78 is 0.331. The minimum Gasteiger partial charge on any atom is -0.229 e. The van der Waals surface area contributed by atoms with Crippen LogP contribution in [0.5, 0.6) is 0 Å². The number of benzene rings is 1. The highest BCUT2D eigenvalue weighted by Gasteiger charge is 2.82. The van der Waals surface area contributed by atoms with Crippen LogP contribution in [0.3, 0.4) is 0 Å². The molecule has 0 radical (unpaired) electrons. The van der Waals surface area contributed by atoms with E-state index in [9.17, 15) is 9.59 Å².